The number of thiophene rings is 1. The van der Waals surface area contributed by atoms with Gasteiger partial charge in [0.25, 0.3) is 0 Å². The second-order valence-electron chi connectivity index (χ2n) is 4.73. The Morgan fingerprint density at radius 1 is 1.56 bits per heavy atom. The van der Waals surface area contributed by atoms with E-state index in [1.54, 1.807) is 11.3 Å². The summed E-state index contributed by atoms with van der Waals surface area (Å²) in [5.74, 6) is 0. The lowest BCUT2D eigenvalue weighted by atomic mass is 10.2. The molecule has 1 saturated heterocycles. The molecule has 3 heterocycles. The molecule has 0 aromatic carbocycles. The van der Waals surface area contributed by atoms with E-state index in [2.05, 4.69) is 39.0 Å². The largest absolute Gasteiger partial charge is 0.312 e. The summed E-state index contributed by atoms with van der Waals surface area (Å²) < 4.78 is 0. The molecule has 0 radical (unpaired) electrons. The minimum absolute atomic E-state index is 0.600. The van der Waals surface area contributed by atoms with Crippen molar-refractivity contribution < 1.29 is 0 Å². The zero-order chi connectivity index (χ0) is 12.4. The van der Waals surface area contributed by atoms with E-state index in [0.29, 0.717) is 6.04 Å². The van der Waals surface area contributed by atoms with Crippen LogP contribution in [-0.4, -0.2) is 35.6 Å². The Hall–Kier alpha value is -0.750. The molecule has 0 aliphatic carbocycles. The standard InChI is InChI=1S/C13H17N3S2/c1-10-7-16(4-3-14-10)8-12-6-15-13(18-12)11-2-5-17-9-11/h2,5-6,9-10,14H,3-4,7-8H2,1H3/t10-/m0/s1. The Bertz CT molecular complexity index is 492. The first-order valence-electron chi connectivity index (χ1n) is 6.24. The summed E-state index contributed by atoms with van der Waals surface area (Å²) in [5, 5.41) is 8.89. The lowest BCUT2D eigenvalue weighted by molar-refractivity contribution is 0.201. The summed E-state index contributed by atoms with van der Waals surface area (Å²) >= 11 is 3.55. The summed E-state index contributed by atoms with van der Waals surface area (Å²) in [7, 11) is 0. The van der Waals surface area contributed by atoms with Crippen molar-refractivity contribution in [2.75, 3.05) is 19.6 Å². The molecule has 3 rings (SSSR count). The van der Waals surface area contributed by atoms with E-state index in [9.17, 15) is 0 Å². The van der Waals surface area contributed by atoms with Crippen LogP contribution in [0.15, 0.2) is 23.0 Å². The van der Waals surface area contributed by atoms with Crippen LogP contribution in [0.2, 0.25) is 0 Å². The van der Waals surface area contributed by atoms with Crippen molar-refractivity contribution in [3.8, 4) is 10.6 Å². The van der Waals surface area contributed by atoms with Crippen molar-refractivity contribution in [1.29, 1.82) is 0 Å². The predicted octanol–water partition coefficient (Wildman–Crippen LogP) is 2.67. The highest BCUT2D eigenvalue weighted by Crippen LogP contribution is 2.27. The molecule has 1 aliphatic heterocycles. The number of aromatic nitrogens is 1. The third-order valence-corrected chi connectivity index (χ3v) is 4.87. The molecular formula is C13H17N3S2. The molecule has 0 spiro atoms. The quantitative estimate of drug-likeness (QED) is 0.936. The number of thiazole rings is 1. The first-order valence-corrected chi connectivity index (χ1v) is 8.00. The fourth-order valence-electron chi connectivity index (χ4n) is 2.28. The molecular weight excluding hydrogens is 262 g/mol. The van der Waals surface area contributed by atoms with E-state index in [0.717, 1.165) is 31.2 Å². The SMILES string of the molecule is C[C@H]1CN(Cc2cnc(-c3ccsc3)s2)CCN1. The first-order chi connectivity index (χ1) is 8.81. The zero-order valence-corrected chi connectivity index (χ0v) is 12.1. The van der Waals surface area contributed by atoms with Crippen LogP contribution in [0.5, 0.6) is 0 Å². The topological polar surface area (TPSA) is 28.2 Å². The number of nitrogens with zero attached hydrogens (tertiary/aromatic N) is 2. The van der Waals surface area contributed by atoms with Crippen LogP contribution in [-0.2, 0) is 6.54 Å². The lowest BCUT2D eigenvalue weighted by Gasteiger charge is -2.31. The Morgan fingerprint density at radius 3 is 3.28 bits per heavy atom. The minimum Gasteiger partial charge on any atom is -0.312 e. The zero-order valence-electron chi connectivity index (χ0n) is 10.4. The molecule has 0 amide bonds. The maximum Gasteiger partial charge on any atom is 0.124 e. The van der Waals surface area contributed by atoms with Crippen molar-refractivity contribution >= 4 is 22.7 Å². The molecule has 2 aromatic rings. The number of rotatable bonds is 3. The smallest absolute Gasteiger partial charge is 0.124 e. The van der Waals surface area contributed by atoms with Gasteiger partial charge >= 0.3 is 0 Å². The van der Waals surface area contributed by atoms with Crippen molar-refractivity contribution in [3.63, 3.8) is 0 Å². The molecule has 0 unspecified atom stereocenters. The third-order valence-electron chi connectivity index (χ3n) is 3.15. The van der Waals surface area contributed by atoms with Crippen LogP contribution in [0, 0.1) is 0 Å². The van der Waals surface area contributed by atoms with Gasteiger partial charge in [-0.2, -0.15) is 11.3 Å². The van der Waals surface area contributed by atoms with E-state index in [4.69, 9.17) is 0 Å². The molecule has 0 bridgehead atoms. The monoisotopic (exact) mass is 279 g/mol. The normalized spacial score (nSPS) is 21.3. The maximum atomic E-state index is 4.53. The summed E-state index contributed by atoms with van der Waals surface area (Å²) in [5.41, 5.74) is 1.25. The summed E-state index contributed by atoms with van der Waals surface area (Å²) in [4.78, 5) is 8.40. The van der Waals surface area contributed by atoms with Crippen LogP contribution in [0.4, 0.5) is 0 Å². The van der Waals surface area contributed by atoms with Crippen LogP contribution >= 0.6 is 22.7 Å². The van der Waals surface area contributed by atoms with Gasteiger partial charge in [-0.1, -0.05) is 0 Å². The molecule has 1 atom stereocenters. The molecule has 1 aliphatic rings. The Kier molecular flexibility index (Phi) is 3.75. The Morgan fingerprint density at radius 2 is 2.50 bits per heavy atom. The van der Waals surface area contributed by atoms with Gasteiger partial charge < -0.3 is 5.32 Å². The third kappa shape index (κ3) is 2.80. The van der Waals surface area contributed by atoms with Gasteiger partial charge in [0, 0.05) is 54.2 Å². The van der Waals surface area contributed by atoms with Crippen LogP contribution < -0.4 is 5.32 Å². The van der Waals surface area contributed by atoms with Crippen LogP contribution in [0.3, 0.4) is 0 Å². The number of hydrogen-bond donors (Lipinski definition) is 1. The highest BCUT2D eigenvalue weighted by molar-refractivity contribution is 7.15. The van der Waals surface area contributed by atoms with Gasteiger partial charge in [-0.15, -0.1) is 11.3 Å². The number of piperazine rings is 1. The second kappa shape index (κ2) is 5.48. The van der Waals surface area contributed by atoms with Crippen molar-refractivity contribution in [1.82, 2.24) is 15.2 Å². The van der Waals surface area contributed by atoms with Gasteiger partial charge in [0.15, 0.2) is 0 Å². The first kappa shape index (κ1) is 12.3. The Balaban J connectivity index is 1.66. The van der Waals surface area contributed by atoms with E-state index >= 15 is 0 Å². The molecule has 18 heavy (non-hydrogen) atoms. The van der Waals surface area contributed by atoms with Gasteiger partial charge in [-0.25, -0.2) is 4.98 Å². The Labute approximate surface area is 115 Å². The highest BCUT2D eigenvalue weighted by Gasteiger charge is 2.16. The molecule has 1 N–H and O–H groups in total. The number of hydrogen-bond acceptors (Lipinski definition) is 5. The van der Waals surface area contributed by atoms with Gasteiger partial charge in [-0.3, -0.25) is 4.90 Å². The molecule has 3 nitrogen and oxygen atoms in total. The van der Waals surface area contributed by atoms with E-state index in [1.807, 2.05) is 17.5 Å². The van der Waals surface area contributed by atoms with Crippen LogP contribution in [0.25, 0.3) is 10.6 Å². The molecule has 2 aromatic heterocycles. The van der Waals surface area contributed by atoms with Gasteiger partial charge in [-0.05, 0) is 18.4 Å². The average molecular weight is 279 g/mol. The summed E-state index contributed by atoms with van der Waals surface area (Å²) in [6.07, 6.45) is 2.03. The lowest BCUT2D eigenvalue weighted by Crippen LogP contribution is -2.48. The van der Waals surface area contributed by atoms with Gasteiger partial charge in [0.2, 0.25) is 0 Å². The van der Waals surface area contributed by atoms with Crippen molar-refractivity contribution in [2.24, 2.45) is 0 Å². The molecule has 96 valence electrons. The van der Waals surface area contributed by atoms with Gasteiger partial charge in [0.05, 0.1) is 0 Å². The van der Waals surface area contributed by atoms with E-state index in [-0.39, 0.29) is 0 Å². The fourth-order valence-corrected chi connectivity index (χ4v) is 3.94. The van der Waals surface area contributed by atoms with E-state index < -0.39 is 0 Å². The van der Waals surface area contributed by atoms with Gasteiger partial charge in [0.1, 0.15) is 5.01 Å². The second-order valence-corrected chi connectivity index (χ2v) is 6.63. The summed E-state index contributed by atoms with van der Waals surface area (Å²) in [6, 6.07) is 2.74. The fraction of sp³-hybridized carbons (Fsp3) is 0.462. The van der Waals surface area contributed by atoms with Crippen LogP contribution in [0.1, 0.15) is 11.8 Å². The molecule has 0 saturated carbocycles. The maximum absolute atomic E-state index is 4.53. The predicted molar refractivity (Wildman–Crippen MR) is 78.2 cm³/mol. The van der Waals surface area contributed by atoms with E-state index in [1.165, 1.54) is 10.4 Å². The summed E-state index contributed by atoms with van der Waals surface area (Å²) in [6.45, 7) is 6.64. The van der Waals surface area contributed by atoms with Crippen molar-refractivity contribution in [2.45, 2.75) is 19.5 Å². The molecule has 1 fully saturated rings. The molecule has 5 heteroatoms. The average Bonchev–Trinajstić information content (AvgIpc) is 2.98. The van der Waals surface area contributed by atoms with Crippen molar-refractivity contribution in [3.05, 3.63) is 27.9 Å². The minimum atomic E-state index is 0.600. The highest BCUT2D eigenvalue weighted by atomic mass is 32.1. The number of nitrogens with one attached hydrogen (secondary N) is 1.